The van der Waals surface area contributed by atoms with Gasteiger partial charge in [0.15, 0.2) is 11.5 Å². The standard InChI is InChI=1S/C48H38N4O2/c1-29-28-34(30(2)48(54-4)47(29)53-3)46-41-26-24-39(51-41)44(32-16-10-6-11-17-32)37-22-20-35(49-37)43(31-14-8-5-9-15-31)36-21-23-38(50-36)45(33-18-12-7-13-19-33)40-25-27-42(46)52-40/h5-28,49-50H,1-4H3. The lowest BCUT2D eigenvalue weighted by atomic mass is 9.94. The fraction of sp³-hybridized carbons (Fsp3) is 0.0833. The zero-order valence-electron chi connectivity index (χ0n) is 30.6. The smallest absolute Gasteiger partial charge is 0.164 e. The van der Waals surface area contributed by atoms with Crippen LogP contribution >= 0.6 is 0 Å². The van der Waals surface area contributed by atoms with Crippen molar-refractivity contribution in [3.63, 3.8) is 0 Å². The van der Waals surface area contributed by atoms with Crippen LogP contribution in [0.3, 0.4) is 0 Å². The van der Waals surface area contributed by atoms with Gasteiger partial charge < -0.3 is 19.4 Å². The number of H-pyrrole nitrogens is 2. The lowest BCUT2D eigenvalue weighted by Gasteiger charge is -2.18. The second-order valence-electron chi connectivity index (χ2n) is 13.5. The van der Waals surface area contributed by atoms with E-state index in [0.29, 0.717) is 5.75 Å². The van der Waals surface area contributed by atoms with Crippen LogP contribution in [-0.4, -0.2) is 34.2 Å². The molecule has 54 heavy (non-hydrogen) atoms. The molecule has 3 aromatic heterocycles. The van der Waals surface area contributed by atoms with E-state index in [1.165, 1.54) is 0 Å². The third-order valence-corrected chi connectivity index (χ3v) is 10.3. The Kier molecular flexibility index (Phi) is 8.28. The molecule has 5 heterocycles. The molecule has 0 radical (unpaired) electrons. The molecule has 4 aromatic carbocycles. The van der Waals surface area contributed by atoms with Crippen molar-refractivity contribution in [1.29, 1.82) is 0 Å². The highest BCUT2D eigenvalue weighted by molar-refractivity contribution is 6.00. The van der Waals surface area contributed by atoms with Crippen LogP contribution in [0.1, 0.15) is 33.9 Å². The van der Waals surface area contributed by atoms with E-state index in [4.69, 9.17) is 19.4 Å². The lowest BCUT2D eigenvalue weighted by molar-refractivity contribution is 0.351. The topological polar surface area (TPSA) is 75.8 Å². The van der Waals surface area contributed by atoms with Gasteiger partial charge in [0.05, 0.1) is 37.0 Å². The van der Waals surface area contributed by atoms with Crippen LogP contribution in [0.5, 0.6) is 11.5 Å². The highest BCUT2D eigenvalue weighted by atomic mass is 16.5. The van der Waals surface area contributed by atoms with Crippen LogP contribution in [0.25, 0.3) is 90.9 Å². The maximum atomic E-state index is 5.97. The van der Waals surface area contributed by atoms with Gasteiger partial charge in [-0.05, 0) is 96.3 Å². The molecule has 2 N–H and O–H groups in total. The van der Waals surface area contributed by atoms with Gasteiger partial charge in [-0.15, -0.1) is 0 Å². The number of methoxy groups -OCH3 is 2. The summed E-state index contributed by atoms with van der Waals surface area (Å²) in [5, 5.41) is 0. The van der Waals surface area contributed by atoms with Crippen molar-refractivity contribution in [2.75, 3.05) is 14.2 Å². The van der Waals surface area contributed by atoms with Crippen molar-refractivity contribution in [2.45, 2.75) is 13.8 Å². The van der Waals surface area contributed by atoms with E-state index in [2.05, 4.69) is 150 Å². The Bertz CT molecular complexity index is 2660. The van der Waals surface area contributed by atoms with Gasteiger partial charge in [-0.25, -0.2) is 9.97 Å². The van der Waals surface area contributed by atoms with E-state index < -0.39 is 0 Å². The maximum Gasteiger partial charge on any atom is 0.164 e. The van der Waals surface area contributed by atoms with E-state index in [0.717, 1.165) is 106 Å². The molecule has 6 nitrogen and oxygen atoms in total. The molecule has 0 amide bonds. The van der Waals surface area contributed by atoms with Gasteiger partial charge in [0.1, 0.15) is 0 Å². The Morgan fingerprint density at radius 2 is 0.796 bits per heavy atom. The number of hydrogen-bond acceptors (Lipinski definition) is 4. The molecule has 0 fully saturated rings. The van der Waals surface area contributed by atoms with Gasteiger partial charge in [-0.2, -0.15) is 0 Å². The van der Waals surface area contributed by atoms with E-state index >= 15 is 0 Å². The van der Waals surface area contributed by atoms with Crippen LogP contribution in [-0.2, 0) is 0 Å². The minimum atomic E-state index is 0.696. The molecule has 0 saturated heterocycles. The first-order valence-corrected chi connectivity index (χ1v) is 18.1. The Morgan fingerprint density at radius 3 is 1.20 bits per heavy atom. The molecule has 7 aromatic rings. The van der Waals surface area contributed by atoms with Crippen molar-refractivity contribution in [3.8, 4) is 56.0 Å². The Hall–Kier alpha value is -6.92. The summed E-state index contributed by atoms with van der Waals surface area (Å²) in [6.07, 6.45) is 8.44. The number of aryl methyl sites for hydroxylation is 1. The van der Waals surface area contributed by atoms with Crippen molar-refractivity contribution in [2.24, 2.45) is 0 Å². The van der Waals surface area contributed by atoms with Crippen LogP contribution in [0.15, 0.2) is 121 Å². The van der Waals surface area contributed by atoms with Crippen LogP contribution in [0.4, 0.5) is 0 Å². The molecule has 8 bridgehead atoms. The minimum absolute atomic E-state index is 0.696. The van der Waals surface area contributed by atoms with Crippen molar-refractivity contribution < 1.29 is 9.47 Å². The summed E-state index contributed by atoms with van der Waals surface area (Å²) in [5.74, 6) is 1.41. The summed E-state index contributed by atoms with van der Waals surface area (Å²) < 4.78 is 11.8. The second-order valence-corrected chi connectivity index (χ2v) is 13.5. The number of nitrogens with zero attached hydrogens (tertiary/aromatic N) is 2. The molecule has 2 aliphatic heterocycles. The van der Waals surface area contributed by atoms with Gasteiger partial charge in [0.25, 0.3) is 0 Å². The molecule has 262 valence electrons. The molecule has 0 atom stereocenters. The molecule has 6 heteroatoms. The van der Waals surface area contributed by atoms with Gasteiger partial charge in [0.2, 0.25) is 0 Å². The number of fused-ring (bicyclic) bond motifs is 8. The van der Waals surface area contributed by atoms with Crippen molar-refractivity contribution in [1.82, 2.24) is 19.9 Å². The number of ether oxygens (including phenoxy) is 2. The third-order valence-electron chi connectivity index (χ3n) is 10.3. The number of benzene rings is 4. The summed E-state index contributed by atoms with van der Waals surface area (Å²) in [4.78, 5) is 18.5. The van der Waals surface area contributed by atoms with Crippen LogP contribution in [0, 0.1) is 13.8 Å². The highest BCUT2D eigenvalue weighted by Crippen LogP contribution is 2.44. The van der Waals surface area contributed by atoms with Gasteiger partial charge >= 0.3 is 0 Å². The molecule has 0 spiro atoms. The van der Waals surface area contributed by atoms with Gasteiger partial charge in [-0.1, -0.05) is 91.0 Å². The van der Waals surface area contributed by atoms with Crippen LogP contribution < -0.4 is 9.47 Å². The SMILES string of the molecule is COc1c(C)cc(-c2c3nc(c(-c4ccccc4)c4ccc([nH]4)c(-c4ccccc4)c4ccc([nH]4)c(-c4ccccc4)c4nc2C=C4)C=C3)c(C)c1OC. The van der Waals surface area contributed by atoms with Crippen LogP contribution in [0.2, 0.25) is 0 Å². The van der Waals surface area contributed by atoms with Crippen molar-refractivity contribution in [3.05, 3.63) is 155 Å². The summed E-state index contributed by atoms with van der Waals surface area (Å²) in [6, 6.07) is 42.3. The number of nitrogens with one attached hydrogen (secondary N) is 2. The van der Waals surface area contributed by atoms with E-state index in [-0.39, 0.29) is 0 Å². The average molecular weight is 703 g/mol. The first-order chi connectivity index (χ1) is 26.5. The molecule has 0 saturated carbocycles. The van der Waals surface area contributed by atoms with Gasteiger partial charge in [0, 0.05) is 49.9 Å². The first kappa shape index (κ1) is 33.0. The Balaban J connectivity index is 1.49. The first-order valence-electron chi connectivity index (χ1n) is 18.1. The van der Waals surface area contributed by atoms with E-state index in [9.17, 15) is 0 Å². The number of hydrogen-bond donors (Lipinski definition) is 2. The molecule has 0 aliphatic carbocycles. The molecule has 9 rings (SSSR count). The van der Waals surface area contributed by atoms with Crippen molar-refractivity contribution >= 4 is 46.4 Å². The average Bonchev–Trinajstić information content (AvgIpc) is 4.05. The maximum absolute atomic E-state index is 5.97. The third kappa shape index (κ3) is 5.60. The molecular formula is C48H38N4O2. The summed E-state index contributed by atoms with van der Waals surface area (Å²) >= 11 is 0. The monoisotopic (exact) mass is 702 g/mol. The Labute approximate surface area is 314 Å². The normalized spacial score (nSPS) is 11.9. The predicted molar refractivity (Wildman–Crippen MR) is 223 cm³/mol. The lowest BCUT2D eigenvalue weighted by Crippen LogP contribution is -2.00. The fourth-order valence-corrected chi connectivity index (χ4v) is 7.84. The molecule has 2 aliphatic rings. The number of aromatic nitrogens is 4. The summed E-state index contributed by atoms with van der Waals surface area (Å²) in [6.45, 7) is 4.11. The minimum Gasteiger partial charge on any atom is -0.493 e. The quantitative estimate of drug-likeness (QED) is 0.181. The molecular weight excluding hydrogens is 665 g/mol. The van der Waals surface area contributed by atoms with E-state index in [1.807, 2.05) is 19.1 Å². The summed E-state index contributed by atoms with van der Waals surface area (Å²) in [7, 11) is 3.37. The fourth-order valence-electron chi connectivity index (χ4n) is 7.84. The van der Waals surface area contributed by atoms with Gasteiger partial charge in [-0.3, -0.25) is 0 Å². The Morgan fingerprint density at radius 1 is 0.426 bits per heavy atom. The predicted octanol–water partition coefficient (Wildman–Crippen LogP) is 12.0. The second kappa shape index (κ2) is 13.6. The largest absolute Gasteiger partial charge is 0.493 e. The number of aromatic amines is 2. The number of rotatable bonds is 6. The zero-order valence-corrected chi connectivity index (χ0v) is 30.6. The molecule has 0 unspecified atom stereocenters. The highest BCUT2D eigenvalue weighted by Gasteiger charge is 2.23. The van der Waals surface area contributed by atoms with E-state index in [1.54, 1.807) is 14.2 Å². The zero-order chi connectivity index (χ0) is 36.8. The summed E-state index contributed by atoms with van der Waals surface area (Å²) in [5.41, 5.74) is 17.4.